The molecule has 18 heavy (non-hydrogen) atoms. The van der Waals surface area contributed by atoms with Crippen LogP contribution in [0.15, 0.2) is 41.8 Å². The molecule has 1 aromatic carbocycles. The number of thiophene rings is 1. The zero-order valence-corrected chi connectivity index (χ0v) is 10.5. The maximum absolute atomic E-state index is 11.8. The van der Waals surface area contributed by atoms with E-state index in [9.17, 15) is 4.79 Å². The van der Waals surface area contributed by atoms with Crippen LogP contribution >= 0.6 is 11.3 Å². The third kappa shape index (κ3) is 3.09. The molecule has 0 aliphatic heterocycles. The van der Waals surface area contributed by atoms with Crippen LogP contribution in [0.25, 0.3) is 0 Å². The summed E-state index contributed by atoms with van der Waals surface area (Å²) in [7, 11) is 0. The summed E-state index contributed by atoms with van der Waals surface area (Å²) in [5.74, 6) is 0.00545. The van der Waals surface area contributed by atoms with Gasteiger partial charge in [0.2, 0.25) is 5.91 Å². The van der Waals surface area contributed by atoms with Crippen molar-refractivity contribution < 1.29 is 9.90 Å². The van der Waals surface area contributed by atoms with E-state index >= 15 is 0 Å². The Bertz CT molecular complexity index is 508. The third-order valence-electron chi connectivity index (χ3n) is 2.54. The van der Waals surface area contributed by atoms with Crippen LogP contribution in [0.3, 0.4) is 0 Å². The molecule has 1 unspecified atom stereocenters. The van der Waals surface area contributed by atoms with E-state index in [1.807, 2.05) is 17.5 Å². The normalized spacial score (nSPS) is 12.1. The summed E-state index contributed by atoms with van der Waals surface area (Å²) in [6.07, 6.45) is 0. The van der Waals surface area contributed by atoms with Gasteiger partial charge in [-0.3, -0.25) is 4.79 Å². The van der Waals surface area contributed by atoms with Crippen LogP contribution in [0, 0.1) is 0 Å². The number of hydrogen-bond acceptors (Lipinski definition) is 4. The molecule has 1 amide bonds. The van der Waals surface area contributed by atoms with E-state index in [-0.39, 0.29) is 11.7 Å². The highest BCUT2D eigenvalue weighted by atomic mass is 32.1. The van der Waals surface area contributed by atoms with Crippen LogP contribution in [-0.4, -0.2) is 11.0 Å². The van der Waals surface area contributed by atoms with Gasteiger partial charge in [0.25, 0.3) is 0 Å². The minimum atomic E-state index is -0.623. The van der Waals surface area contributed by atoms with E-state index in [0.29, 0.717) is 6.54 Å². The molecule has 0 radical (unpaired) electrons. The van der Waals surface area contributed by atoms with Gasteiger partial charge in [-0.05, 0) is 29.1 Å². The monoisotopic (exact) mass is 262 g/mol. The molecule has 94 valence electrons. The average Bonchev–Trinajstić information content (AvgIpc) is 2.90. The van der Waals surface area contributed by atoms with Crippen molar-refractivity contribution in [2.75, 3.05) is 0 Å². The molecule has 0 spiro atoms. The van der Waals surface area contributed by atoms with Gasteiger partial charge in [0.05, 0.1) is 0 Å². The summed E-state index contributed by atoms with van der Waals surface area (Å²) < 4.78 is 0. The van der Waals surface area contributed by atoms with Crippen LogP contribution in [0.1, 0.15) is 16.5 Å². The number of aromatic hydroxyl groups is 1. The fourth-order valence-corrected chi connectivity index (χ4v) is 2.24. The topological polar surface area (TPSA) is 75.4 Å². The van der Waals surface area contributed by atoms with Crippen molar-refractivity contribution in [3.8, 4) is 5.75 Å². The number of nitrogens with two attached hydrogens (primary N) is 1. The summed E-state index contributed by atoms with van der Waals surface area (Å²) in [4.78, 5) is 12.6. The summed E-state index contributed by atoms with van der Waals surface area (Å²) in [5, 5.41) is 13.8. The lowest BCUT2D eigenvalue weighted by atomic mass is 10.2. The predicted molar refractivity (Wildman–Crippen MR) is 71.2 cm³/mol. The number of hydrogen-bond donors (Lipinski definition) is 3. The van der Waals surface area contributed by atoms with Crippen LogP contribution in [0.2, 0.25) is 0 Å². The first-order chi connectivity index (χ1) is 8.66. The van der Waals surface area contributed by atoms with Crippen LogP contribution in [0.5, 0.6) is 5.75 Å². The van der Waals surface area contributed by atoms with Crippen LogP contribution in [-0.2, 0) is 11.3 Å². The number of phenols is 1. The van der Waals surface area contributed by atoms with Gasteiger partial charge in [0.15, 0.2) is 0 Å². The summed E-state index contributed by atoms with van der Waals surface area (Å²) in [5.41, 5.74) is 6.75. The van der Waals surface area contributed by atoms with Crippen LogP contribution in [0.4, 0.5) is 0 Å². The SMILES string of the molecule is NC(C(=O)NCc1ccc(O)cc1)c1cccs1. The second kappa shape index (κ2) is 5.66. The largest absolute Gasteiger partial charge is 0.508 e. The minimum Gasteiger partial charge on any atom is -0.508 e. The molecule has 1 atom stereocenters. The first-order valence-electron chi connectivity index (χ1n) is 5.51. The van der Waals surface area contributed by atoms with Crippen molar-refractivity contribution in [2.24, 2.45) is 5.73 Å². The van der Waals surface area contributed by atoms with Crippen LogP contribution < -0.4 is 11.1 Å². The van der Waals surface area contributed by atoms with Gasteiger partial charge >= 0.3 is 0 Å². The quantitative estimate of drug-likeness (QED) is 0.786. The van der Waals surface area contributed by atoms with Gasteiger partial charge in [0, 0.05) is 11.4 Å². The maximum atomic E-state index is 11.8. The van der Waals surface area contributed by atoms with Crippen molar-refractivity contribution >= 4 is 17.2 Å². The third-order valence-corrected chi connectivity index (χ3v) is 3.49. The number of carbonyl (C=O) groups is 1. The Labute approximate surface area is 109 Å². The Balaban J connectivity index is 1.90. The average molecular weight is 262 g/mol. The molecular formula is C13H14N2O2S. The lowest BCUT2D eigenvalue weighted by Crippen LogP contribution is -2.33. The number of phenolic OH excluding ortho intramolecular Hbond substituents is 1. The van der Waals surface area contributed by atoms with Crippen molar-refractivity contribution in [1.82, 2.24) is 5.32 Å². The first kappa shape index (κ1) is 12.6. The Morgan fingerprint density at radius 3 is 2.67 bits per heavy atom. The molecule has 0 saturated carbocycles. The van der Waals surface area contributed by atoms with E-state index in [1.54, 1.807) is 24.3 Å². The fraction of sp³-hybridized carbons (Fsp3) is 0.154. The Kier molecular flexibility index (Phi) is 3.96. The number of amides is 1. The fourth-order valence-electron chi connectivity index (χ4n) is 1.51. The van der Waals surface area contributed by atoms with Gasteiger partial charge in [-0.2, -0.15) is 0 Å². The zero-order chi connectivity index (χ0) is 13.0. The number of rotatable bonds is 4. The van der Waals surface area contributed by atoms with Crippen molar-refractivity contribution in [3.63, 3.8) is 0 Å². The number of benzene rings is 1. The first-order valence-corrected chi connectivity index (χ1v) is 6.39. The van der Waals surface area contributed by atoms with Gasteiger partial charge < -0.3 is 16.2 Å². The number of nitrogens with one attached hydrogen (secondary N) is 1. The molecule has 0 saturated heterocycles. The van der Waals surface area contributed by atoms with Crippen molar-refractivity contribution in [2.45, 2.75) is 12.6 Å². The highest BCUT2D eigenvalue weighted by molar-refractivity contribution is 7.10. The van der Waals surface area contributed by atoms with E-state index < -0.39 is 6.04 Å². The second-order valence-electron chi connectivity index (χ2n) is 3.88. The molecule has 0 fully saturated rings. The molecule has 2 rings (SSSR count). The molecule has 4 N–H and O–H groups in total. The van der Waals surface area contributed by atoms with Gasteiger partial charge in [-0.1, -0.05) is 18.2 Å². The Hall–Kier alpha value is -1.85. The Morgan fingerprint density at radius 2 is 2.06 bits per heavy atom. The lowest BCUT2D eigenvalue weighted by Gasteiger charge is -2.10. The van der Waals surface area contributed by atoms with E-state index in [1.165, 1.54) is 11.3 Å². The smallest absolute Gasteiger partial charge is 0.242 e. The summed E-state index contributed by atoms with van der Waals surface area (Å²) in [6.45, 7) is 0.401. The summed E-state index contributed by atoms with van der Waals surface area (Å²) >= 11 is 1.46. The Morgan fingerprint density at radius 1 is 1.33 bits per heavy atom. The molecule has 5 heteroatoms. The van der Waals surface area contributed by atoms with E-state index in [2.05, 4.69) is 5.32 Å². The van der Waals surface area contributed by atoms with E-state index in [4.69, 9.17) is 10.8 Å². The molecule has 0 aliphatic rings. The standard InChI is InChI=1S/C13H14N2O2S/c14-12(11-2-1-7-18-11)13(17)15-8-9-3-5-10(16)6-4-9/h1-7,12,16H,8,14H2,(H,15,17). The van der Waals surface area contributed by atoms with Gasteiger partial charge in [-0.25, -0.2) is 0 Å². The zero-order valence-electron chi connectivity index (χ0n) is 9.67. The molecule has 2 aromatic rings. The van der Waals surface area contributed by atoms with Crippen molar-refractivity contribution in [3.05, 3.63) is 52.2 Å². The summed E-state index contributed by atoms with van der Waals surface area (Å²) in [6, 6.07) is 9.77. The van der Waals surface area contributed by atoms with Gasteiger partial charge in [-0.15, -0.1) is 11.3 Å². The molecular weight excluding hydrogens is 248 g/mol. The number of carbonyl (C=O) groups excluding carboxylic acids is 1. The highest BCUT2D eigenvalue weighted by Gasteiger charge is 2.15. The molecule has 4 nitrogen and oxygen atoms in total. The minimum absolute atomic E-state index is 0.203. The molecule has 1 heterocycles. The molecule has 1 aromatic heterocycles. The lowest BCUT2D eigenvalue weighted by molar-refractivity contribution is -0.122. The maximum Gasteiger partial charge on any atom is 0.242 e. The highest BCUT2D eigenvalue weighted by Crippen LogP contribution is 2.17. The second-order valence-corrected chi connectivity index (χ2v) is 4.86. The van der Waals surface area contributed by atoms with Crippen molar-refractivity contribution in [1.29, 1.82) is 0 Å². The predicted octanol–water partition coefficient (Wildman–Crippen LogP) is 1.77. The molecule has 0 aliphatic carbocycles. The van der Waals surface area contributed by atoms with E-state index in [0.717, 1.165) is 10.4 Å². The molecule has 0 bridgehead atoms. The van der Waals surface area contributed by atoms with Gasteiger partial charge in [0.1, 0.15) is 11.8 Å².